The molecule has 1 aromatic heterocycles. The predicted molar refractivity (Wildman–Crippen MR) is 151 cm³/mol. The second-order valence-corrected chi connectivity index (χ2v) is 9.48. The molecule has 42 heavy (non-hydrogen) atoms. The molecule has 2 rings (SSSR count). The number of hydrogen-bond donors (Lipinski definition) is 9. The number of aromatic amines is 1. The monoisotopic (exact) mass is 587 g/mol. The van der Waals surface area contributed by atoms with Crippen LogP contribution < -0.4 is 33.2 Å². The molecule has 0 saturated heterocycles. The molecule has 4 unspecified atom stereocenters. The highest BCUT2D eigenvalue weighted by Gasteiger charge is 2.31. The van der Waals surface area contributed by atoms with Crippen LogP contribution in [0.2, 0.25) is 0 Å². The summed E-state index contributed by atoms with van der Waals surface area (Å²) in [6, 6.07) is 3.76. The SMILES string of the molecule is NC(N)=NCCCC(N)C(=O)NC(Cc1ccccc1)C(=O)NC(CCC(=O)O)C(=O)NC(Cc1cnc[nH]1)C(=O)O. The van der Waals surface area contributed by atoms with Gasteiger partial charge in [-0.2, -0.15) is 0 Å². The topological polar surface area (TPSA) is 281 Å². The summed E-state index contributed by atoms with van der Waals surface area (Å²) in [5, 5.41) is 26.2. The normalized spacial score (nSPS) is 13.5. The fourth-order valence-electron chi connectivity index (χ4n) is 3.89. The first kappa shape index (κ1) is 33.2. The Morgan fingerprint density at radius 1 is 0.881 bits per heavy atom. The number of aromatic nitrogens is 2. The lowest BCUT2D eigenvalue weighted by Gasteiger charge is -2.25. The second-order valence-electron chi connectivity index (χ2n) is 9.48. The fourth-order valence-corrected chi connectivity index (χ4v) is 3.89. The molecule has 4 atom stereocenters. The number of carboxylic acids is 2. The largest absolute Gasteiger partial charge is 0.481 e. The van der Waals surface area contributed by atoms with Crippen LogP contribution in [0.1, 0.15) is 36.9 Å². The van der Waals surface area contributed by atoms with E-state index in [2.05, 4.69) is 30.9 Å². The zero-order valence-electron chi connectivity index (χ0n) is 22.9. The number of benzene rings is 1. The number of carbonyl (C=O) groups is 5. The molecule has 1 heterocycles. The standard InChI is InChI=1S/C26H37N9O7/c27-17(7-4-10-31-26(28)29)22(38)34-19(11-15-5-2-1-3-6-15)24(40)33-18(8-9-21(36)37)23(39)35-20(25(41)42)12-16-13-30-14-32-16/h1-3,5-6,13-14,17-20H,4,7-12,27H2,(H,30,32)(H,33,40)(H,34,38)(H,35,39)(H,36,37)(H,41,42)(H4,28,29,31). The van der Waals surface area contributed by atoms with Gasteiger partial charge in [0.15, 0.2) is 5.96 Å². The second kappa shape index (κ2) is 17.0. The fraction of sp³-hybridized carbons (Fsp3) is 0.423. The number of nitrogens with one attached hydrogen (secondary N) is 4. The maximum absolute atomic E-state index is 13.4. The maximum Gasteiger partial charge on any atom is 0.326 e. The molecule has 3 amide bonds. The first-order valence-corrected chi connectivity index (χ1v) is 13.1. The van der Waals surface area contributed by atoms with Gasteiger partial charge in [-0.05, 0) is 24.8 Å². The molecule has 0 aliphatic heterocycles. The Bertz CT molecular complexity index is 1220. The van der Waals surface area contributed by atoms with Crippen LogP contribution in [-0.2, 0) is 36.8 Å². The van der Waals surface area contributed by atoms with Crippen molar-refractivity contribution in [2.24, 2.45) is 22.2 Å². The molecule has 0 fully saturated rings. The van der Waals surface area contributed by atoms with Crippen LogP contribution in [-0.4, -0.2) is 86.5 Å². The zero-order valence-corrected chi connectivity index (χ0v) is 22.9. The number of H-pyrrole nitrogens is 1. The Morgan fingerprint density at radius 3 is 2.12 bits per heavy atom. The summed E-state index contributed by atoms with van der Waals surface area (Å²) in [5.41, 5.74) is 17.7. The minimum atomic E-state index is -1.42. The Kier molecular flexibility index (Phi) is 13.4. The molecule has 228 valence electrons. The lowest BCUT2D eigenvalue weighted by Crippen LogP contribution is -2.57. The van der Waals surface area contributed by atoms with Crippen molar-refractivity contribution in [2.75, 3.05) is 6.54 Å². The lowest BCUT2D eigenvalue weighted by atomic mass is 10.0. The Morgan fingerprint density at radius 2 is 1.52 bits per heavy atom. The van der Waals surface area contributed by atoms with Gasteiger partial charge >= 0.3 is 11.9 Å². The first-order chi connectivity index (χ1) is 20.0. The van der Waals surface area contributed by atoms with Gasteiger partial charge in [0.05, 0.1) is 12.4 Å². The van der Waals surface area contributed by atoms with Crippen LogP contribution in [0.3, 0.4) is 0 Å². The highest BCUT2D eigenvalue weighted by Crippen LogP contribution is 2.08. The third kappa shape index (κ3) is 12.0. The highest BCUT2D eigenvalue weighted by atomic mass is 16.4. The molecular formula is C26H37N9O7. The number of nitrogens with zero attached hydrogens (tertiary/aromatic N) is 2. The molecule has 0 aliphatic carbocycles. The van der Waals surface area contributed by atoms with Crippen LogP contribution >= 0.6 is 0 Å². The van der Waals surface area contributed by atoms with Gasteiger partial charge in [0.25, 0.3) is 0 Å². The van der Waals surface area contributed by atoms with Crippen LogP contribution in [0.4, 0.5) is 0 Å². The molecule has 12 N–H and O–H groups in total. The summed E-state index contributed by atoms with van der Waals surface area (Å²) in [7, 11) is 0. The van der Waals surface area contributed by atoms with E-state index in [9.17, 15) is 34.2 Å². The van der Waals surface area contributed by atoms with Crippen molar-refractivity contribution in [3.63, 3.8) is 0 Å². The number of aliphatic carboxylic acids is 2. The third-order valence-corrected chi connectivity index (χ3v) is 6.09. The van der Waals surface area contributed by atoms with E-state index in [4.69, 9.17) is 17.2 Å². The van der Waals surface area contributed by atoms with Crippen molar-refractivity contribution >= 4 is 35.6 Å². The number of hydrogen-bond acceptors (Lipinski definition) is 8. The Balaban J connectivity index is 2.18. The van der Waals surface area contributed by atoms with Gasteiger partial charge in [0, 0.05) is 37.7 Å². The number of aliphatic imine (C=N–C) groups is 1. The lowest BCUT2D eigenvalue weighted by molar-refractivity contribution is -0.143. The molecular weight excluding hydrogens is 550 g/mol. The number of rotatable bonds is 18. The van der Waals surface area contributed by atoms with Crippen molar-refractivity contribution in [1.29, 1.82) is 0 Å². The van der Waals surface area contributed by atoms with Gasteiger partial charge in [-0.1, -0.05) is 30.3 Å². The van der Waals surface area contributed by atoms with Crippen molar-refractivity contribution in [2.45, 2.75) is 62.7 Å². The van der Waals surface area contributed by atoms with E-state index >= 15 is 0 Å². The van der Waals surface area contributed by atoms with Crippen LogP contribution in [0.25, 0.3) is 0 Å². The quantitative estimate of drug-likeness (QED) is 0.0521. The minimum absolute atomic E-state index is 0.0317. The maximum atomic E-state index is 13.4. The molecule has 0 aliphatic rings. The minimum Gasteiger partial charge on any atom is -0.481 e. The molecule has 16 nitrogen and oxygen atoms in total. The molecule has 0 bridgehead atoms. The number of carbonyl (C=O) groups excluding carboxylic acids is 3. The summed E-state index contributed by atoms with van der Waals surface area (Å²) in [4.78, 5) is 72.8. The van der Waals surface area contributed by atoms with E-state index in [0.29, 0.717) is 17.7 Å². The summed E-state index contributed by atoms with van der Waals surface area (Å²) in [5.74, 6) is -4.99. The van der Waals surface area contributed by atoms with E-state index in [1.807, 2.05) is 0 Å². The van der Waals surface area contributed by atoms with Gasteiger partial charge in [0.2, 0.25) is 17.7 Å². The third-order valence-electron chi connectivity index (χ3n) is 6.09. The average Bonchev–Trinajstić information content (AvgIpc) is 3.45. The average molecular weight is 588 g/mol. The van der Waals surface area contributed by atoms with Crippen molar-refractivity contribution in [3.05, 3.63) is 54.1 Å². The summed E-state index contributed by atoms with van der Waals surface area (Å²) in [6.45, 7) is 0.259. The molecule has 2 aromatic rings. The molecule has 0 saturated carbocycles. The van der Waals surface area contributed by atoms with Crippen molar-refractivity contribution in [3.8, 4) is 0 Å². The number of imidazole rings is 1. The molecule has 16 heteroatoms. The van der Waals surface area contributed by atoms with E-state index in [1.54, 1.807) is 30.3 Å². The predicted octanol–water partition coefficient (Wildman–Crippen LogP) is -2.02. The zero-order chi connectivity index (χ0) is 31.1. The number of amides is 3. The van der Waals surface area contributed by atoms with Crippen LogP contribution in [0.5, 0.6) is 0 Å². The Hall–Kier alpha value is -4.99. The number of carboxylic acid groups (broad SMARTS) is 2. The van der Waals surface area contributed by atoms with Gasteiger partial charge in [0.1, 0.15) is 18.1 Å². The number of nitrogens with two attached hydrogens (primary N) is 3. The summed E-state index contributed by atoms with van der Waals surface area (Å²) in [6.07, 6.45) is 2.45. The highest BCUT2D eigenvalue weighted by molar-refractivity contribution is 5.94. The van der Waals surface area contributed by atoms with Crippen LogP contribution in [0.15, 0.2) is 47.8 Å². The molecule has 0 spiro atoms. The van der Waals surface area contributed by atoms with E-state index < -0.39 is 60.2 Å². The van der Waals surface area contributed by atoms with E-state index in [-0.39, 0.29) is 38.2 Å². The van der Waals surface area contributed by atoms with E-state index in [0.717, 1.165) is 0 Å². The number of guanidine groups is 1. The summed E-state index contributed by atoms with van der Waals surface area (Å²) >= 11 is 0. The molecule has 1 aromatic carbocycles. The van der Waals surface area contributed by atoms with Crippen molar-refractivity contribution in [1.82, 2.24) is 25.9 Å². The van der Waals surface area contributed by atoms with Gasteiger partial charge in [-0.15, -0.1) is 0 Å². The first-order valence-electron chi connectivity index (χ1n) is 13.1. The van der Waals surface area contributed by atoms with Gasteiger partial charge in [-0.25, -0.2) is 9.78 Å². The van der Waals surface area contributed by atoms with Crippen LogP contribution in [0, 0.1) is 0 Å². The summed E-state index contributed by atoms with van der Waals surface area (Å²) < 4.78 is 0. The van der Waals surface area contributed by atoms with Gasteiger partial charge < -0.3 is 48.3 Å². The van der Waals surface area contributed by atoms with Crippen molar-refractivity contribution < 1.29 is 34.2 Å². The Labute approximate surface area is 241 Å². The molecule has 0 radical (unpaired) electrons. The van der Waals surface area contributed by atoms with E-state index in [1.165, 1.54) is 12.5 Å². The smallest absolute Gasteiger partial charge is 0.326 e. The van der Waals surface area contributed by atoms with Gasteiger partial charge in [-0.3, -0.25) is 24.2 Å².